The number of aliphatic imine (C=N–C) groups is 1. The zero-order valence-electron chi connectivity index (χ0n) is 13.9. The van der Waals surface area contributed by atoms with Gasteiger partial charge in [-0.3, -0.25) is 9.89 Å². The molecule has 1 aliphatic heterocycles. The third-order valence-corrected chi connectivity index (χ3v) is 4.01. The Morgan fingerprint density at radius 2 is 2.00 bits per heavy atom. The third kappa shape index (κ3) is 7.99. The van der Waals surface area contributed by atoms with E-state index in [9.17, 15) is 0 Å². The third-order valence-electron chi connectivity index (χ3n) is 4.01. The highest BCUT2D eigenvalue weighted by Gasteiger charge is 2.19. The molecule has 0 radical (unpaired) electrons. The highest BCUT2D eigenvalue weighted by Crippen LogP contribution is 2.16. The van der Waals surface area contributed by atoms with Crippen LogP contribution in [0.3, 0.4) is 0 Å². The summed E-state index contributed by atoms with van der Waals surface area (Å²) in [5, 5.41) is 3.04. The van der Waals surface area contributed by atoms with Crippen molar-refractivity contribution in [1.82, 2.24) is 10.2 Å². The van der Waals surface area contributed by atoms with Crippen LogP contribution >= 0.6 is 24.0 Å². The van der Waals surface area contributed by atoms with Crippen LogP contribution in [0, 0.1) is 0 Å². The van der Waals surface area contributed by atoms with Gasteiger partial charge in [0.25, 0.3) is 0 Å². The van der Waals surface area contributed by atoms with E-state index in [1.54, 1.807) is 7.05 Å². The summed E-state index contributed by atoms with van der Waals surface area (Å²) in [7, 11) is 1.68. The zero-order chi connectivity index (χ0) is 15.6. The van der Waals surface area contributed by atoms with Crippen molar-refractivity contribution in [2.45, 2.75) is 31.9 Å². The minimum Gasteiger partial charge on any atom is -0.378 e. The minimum absolute atomic E-state index is 0. The average Bonchev–Trinajstić information content (AvgIpc) is 2.57. The van der Waals surface area contributed by atoms with Gasteiger partial charge in [0.15, 0.2) is 5.96 Å². The van der Waals surface area contributed by atoms with Crippen LogP contribution in [-0.4, -0.2) is 50.3 Å². The van der Waals surface area contributed by atoms with E-state index in [1.807, 2.05) is 0 Å². The number of benzene rings is 1. The topological polar surface area (TPSA) is 62.9 Å². The van der Waals surface area contributed by atoms with E-state index in [-0.39, 0.29) is 24.0 Å². The summed E-state index contributed by atoms with van der Waals surface area (Å²) in [4.78, 5) is 6.36. The highest BCUT2D eigenvalue weighted by molar-refractivity contribution is 14.0. The van der Waals surface area contributed by atoms with Gasteiger partial charge in [-0.2, -0.15) is 0 Å². The Hall–Kier alpha value is -0.860. The molecule has 0 unspecified atom stereocenters. The van der Waals surface area contributed by atoms with Crippen molar-refractivity contribution in [1.29, 1.82) is 0 Å². The lowest BCUT2D eigenvalue weighted by Crippen LogP contribution is -2.37. The lowest BCUT2D eigenvalue weighted by molar-refractivity contribution is 0.00535. The van der Waals surface area contributed by atoms with E-state index in [1.165, 1.54) is 5.56 Å². The molecule has 1 aromatic rings. The molecule has 23 heavy (non-hydrogen) atoms. The van der Waals surface area contributed by atoms with Crippen LogP contribution in [0.2, 0.25) is 0 Å². The molecule has 130 valence electrons. The number of rotatable bonds is 7. The van der Waals surface area contributed by atoms with E-state index in [4.69, 9.17) is 10.5 Å². The smallest absolute Gasteiger partial charge is 0.188 e. The number of nitrogens with zero attached hydrogens (tertiary/aromatic N) is 2. The van der Waals surface area contributed by atoms with Gasteiger partial charge in [-0.05, 0) is 24.8 Å². The molecule has 3 N–H and O–H groups in total. The first-order valence-corrected chi connectivity index (χ1v) is 8.12. The molecule has 5 nitrogen and oxygen atoms in total. The Kier molecular flexibility index (Phi) is 10.2. The number of piperidine rings is 1. The Balaban J connectivity index is 0.00000264. The summed E-state index contributed by atoms with van der Waals surface area (Å²) in [6, 6.07) is 10.7. The monoisotopic (exact) mass is 432 g/mol. The number of ether oxygens (including phenoxy) is 1. The maximum absolute atomic E-state index is 5.95. The van der Waals surface area contributed by atoms with Crippen molar-refractivity contribution in [3.8, 4) is 0 Å². The largest absolute Gasteiger partial charge is 0.378 e. The molecule has 1 aromatic carbocycles. The molecular weight excluding hydrogens is 403 g/mol. The second-order valence-electron chi connectivity index (χ2n) is 5.72. The first-order valence-electron chi connectivity index (χ1n) is 8.12. The van der Waals surface area contributed by atoms with Gasteiger partial charge in [0.2, 0.25) is 0 Å². The van der Waals surface area contributed by atoms with Gasteiger partial charge in [0.1, 0.15) is 0 Å². The molecule has 2 rings (SSSR count). The van der Waals surface area contributed by atoms with Gasteiger partial charge < -0.3 is 15.8 Å². The number of likely N-dealkylation sites (tertiary alicyclic amines) is 1. The fourth-order valence-electron chi connectivity index (χ4n) is 2.69. The molecule has 6 heteroatoms. The predicted octanol–water partition coefficient (Wildman–Crippen LogP) is 2.21. The summed E-state index contributed by atoms with van der Waals surface area (Å²) >= 11 is 0. The van der Waals surface area contributed by atoms with Gasteiger partial charge in [0, 0.05) is 39.8 Å². The molecule has 0 saturated carbocycles. The van der Waals surface area contributed by atoms with Crippen LogP contribution in [0.1, 0.15) is 24.8 Å². The molecule has 0 aromatic heterocycles. The van der Waals surface area contributed by atoms with Crippen LogP contribution in [-0.2, 0) is 11.3 Å². The first-order chi connectivity index (χ1) is 10.8. The number of halogens is 1. The van der Waals surface area contributed by atoms with Gasteiger partial charge in [-0.15, -0.1) is 24.0 Å². The zero-order valence-corrected chi connectivity index (χ0v) is 16.2. The van der Waals surface area contributed by atoms with Crippen molar-refractivity contribution in [3.63, 3.8) is 0 Å². The molecule has 1 fully saturated rings. The number of hydrogen-bond donors (Lipinski definition) is 2. The van der Waals surface area contributed by atoms with Gasteiger partial charge in [-0.25, -0.2) is 0 Å². The number of guanidine groups is 1. The Morgan fingerprint density at radius 1 is 1.30 bits per heavy atom. The lowest BCUT2D eigenvalue weighted by Gasteiger charge is -2.32. The number of nitrogens with one attached hydrogen (secondary N) is 1. The fourth-order valence-corrected chi connectivity index (χ4v) is 2.69. The molecule has 0 aliphatic carbocycles. The molecule has 0 amide bonds. The summed E-state index contributed by atoms with van der Waals surface area (Å²) in [5.41, 5.74) is 6.96. The lowest BCUT2D eigenvalue weighted by atomic mass is 10.1. The number of nitrogens with two attached hydrogens (primary N) is 1. The first kappa shape index (κ1) is 20.2. The molecular formula is C17H29IN4O. The normalized spacial score (nSPS) is 16.8. The summed E-state index contributed by atoms with van der Waals surface area (Å²) < 4.78 is 5.95. The number of hydrogen-bond acceptors (Lipinski definition) is 3. The van der Waals surface area contributed by atoms with E-state index in [2.05, 4.69) is 45.5 Å². The van der Waals surface area contributed by atoms with Gasteiger partial charge >= 0.3 is 0 Å². The highest BCUT2D eigenvalue weighted by atomic mass is 127. The molecule has 1 heterocycles. The van der Waals surface area contributed by atoms with Crippen LogP contribution in [0.4, 0.5) is 0 Å². The van der Waals surface area contributed by atoms with Gasteiger partial charge in [-0.1, -0.05) is 30.3 Å². The van der Waals surface area contributed by atoms with Crippen LogP contribution in [0.25, 0.3) is 0 Å². The summed E-state index contributed by atoms with van der Waals surface area (Å²) in [5.74, 6) is 0.495. The SMILES string of the molecule is CN=C(N)NCCCOC1CCN(Cc2ccccc2)CC1.I. The summed E-state index contributed by atoms with van der Waals surface area (Å²) in [6.45, 7) is 4.89. The average molecular weight is 432 g/mol. The Morgan fingerprint density at radius 3 is 2.65 bits per heavy atom. The van der Waals surface area contributed by atoms with Crippen molar-refractivity contribution < 1.29 is 4.74 Å². The van der Waals surface area contributed by atoms with E-state index in [0.717, 1.165) is 52.0 Å². The quantitative estimate of drug-likeness (QED) is 0.300. The standard InChI is InChI=1S/C17H28N4O.HI/c1-19-17(18)20-10-5-13-22-16-8-11-21(12-9-16)14-15-6-3-2-4-7-15;/h2-4,6-7,16H,5,8-14H2,1H3,(H3,18,19,20);1H. The van der Waals surface area contributed by atoms with Crippen LogP contribution in [0.5, 0.6) is 0 Å². The second kappa shape index (κ2) is 11.6. The van der Waals surface area contributed by atoms with Crippen molar-refractivity contribution in [2.24, 2.45) is 10.7 Å². The van der Waals surface area contributed by atoms with Crippen LogP contribution in [0.15, 0.2) is 35.3 Å². The Labute approximate surface area is 156 Å². The molecule has 1 aliphatic rings. The van der Waals surface area contributed by atoms with Crippen molar-refractivity contribution in [2.75, 3.05) is 33.3 Å². The molecule has 1 saturated heterocycles. The maximum Gasteiger partial charge on any atom is 0.188 e. The van der Waals surface area contributed by atoms with E-state index >= 15 is 0 Å². The van der Waals surface area contributed by atoms with Crippen molar-refractivity contribution in [3.05, 3.63) is 35.9 Å². The maximum atomic E-state index is 5.95. The van der Waals surface area contributed by atoms with E-state index in [0.29, 0.717) is 12.1 Å². The van der Waals surface area contributed by atoms with E-state index < -0.39 is 0 Å². The predicted molar refractivity (Wildman–Crippen MR) is 106 cm³/mol. The molecule has 0 spiro atoms. The molecule has 0 atom stereocenters. The fraction of sp³-hybridized carbons (Fsp3) is 0.588. The van der Waals surface area contributed by atoms with Crippen LogP contribution < -0.4 is 11.1 Å². The minimum atomic E-state index is 0. The Bertz CT molecular complexity index is 447. The van der Waals surface area contributed by atoms with Gasteiger partial charge in [0.05, 0.1) is 6.10 Å². The van der Waals surface area contributed by atoms with Crippen molar-refractivity contribution >= 4 is 29.9 Å². The summed E-state index contributed by atoms with van der Waals surface area (Å²) in [6.07, 6.45) is 3.61. The molecule has 0 bridgehead atoms. The second-order valence-corrected chi connectivity index (χ2v) is 5.72.